The standard InChI is InChI=1S/C6H10IN/c1-5(2)6(3-7)4-8/h5-6H,3H2,1-2H3/t6-/m1/s1. The molecular weight excluding hydrogens is 213 g/mol. The van der Waals surface area contributed by atoms with Gasteiger partial charge in [-0.05, 0) is 5.92 Å². The highest BCUT2D eigenvalue weighted by atomic mass is 127. The molecule has 0 saturated carbocycles. The first-order valence-corrected chi connectivity index (χ1v) is 4.20. The molecule has 0 aliphatic carbocycles. The second-order valence-electron chi connectivity index (χ2n) is 2.13. The number of nitriles is 1. The summed E-state index contributed by atoms with van der Waals surface area (Å²) < 4.78 is 0.950. The summed E-state index contributed by atoms with van der Waals surface area (Å²) in [6.45, 7) is 4.15. The predicted octanol–water partition coefficient (Wildman–Crippen LogP) is 2.22. The molecular formula is C6H10IN. The molecule has 0 fully saturated rings. The third-order valence-electron chi connectivity index (χ3n) is 1.14. The van der Waals surface area contributed by atoms with Crippen molar-refractivity contribution in [1.82, 2.24) is 0 Å². The molecule has 2 heteroatoms. The second kappa shape index (κ2) is 4.13. The number of halogens is 1. The minimum Gasteiger partial charge on any atom is -0.198 e. The van der Waals surface area contributed by atoms with Crippen LogP contribution in [0.15, 0.2) is 0 Å². The molecule has 0 heterocycles. The number of rotatable bonds is 2. The minimum absolute atomic E-state index is 0.246. The summed E-state index contributed by atoms with van der Waals surface area (Å²) in [5.41, 5.74) is 0. The Hall–Kier alpha value is 0.220. The summed E-state index contributed by atoms with van der Waals surface area (Å²) in [4.78, 5) is 0. The first kappa shape index (κ1) is 8.22. The third kappa shape index (κ3) is 2.51. The highest BCUT2D eigenvalue weighted by molar-refractivity contribution is 14.1. The van der Waals surface area contributed by atoms with Crippen LogP contribution >= 0.6 is 22.6 Å². The first-order valence-electron chi connectivity index (χ1n) is 2.68. The van der Waals surface area contributed by atoms with Gasteiger partial charge in [0.1, 0.15) is 0 Å². The molecule has 1 atom stereocenters. The van der Waals surface area contributed by atoms with Gasteiger partial charge in [0.25, 0.3) is 0 Å². The van der Waals surface area contributed by atoms with Crippen molar-refractivity contribution in [3.8, 4) is 6.07 Å². The van der Waals surface area contributed by atoms with Gasteiger partial charge in [-0.1, -0.05) is 36.4 Å². The van der Waals surface area contributed by atoms with Crippen molar-refractivity contribution in [2.24, 2.45) is 11.8 Å². The highest BCUT2D eigenvalue weighted by Gasteiger charge is 2.08. The fraction of sp³-hybridized carbons (Fsp3) is 0.833. The Morgan fingerprint density at radius 3 is 2.12 bits per heavy atom. The zero-order chi connectivity index (χ0) is 6.57. The molecule has 0 spiro atoms. The minimum atomic E-state index is 0.246. The fourth-order valence-corrected chi connectivity index (χ4v) is 1.58. The molecule has 46 valence electrons. The summed E-state index contributed by atoms with van der Waals surface area (Å²) >= 11 is 2.24. The van der Waals surface area contributed by atoms with Crippen LogP contribution in [0, 0.1) is 23.2 Å². The van der Waals surface area contributed by atoms with Crippen molar-refractivity contribution in [1.29, 1.82) is 5.26 Å². The van der Waals surface area contributed by atoms with Crippen LogP contribution in [0.4, 0.5) is 0 Å². The van der Waals surface area contributed by atoms with Gasteiger partial charge in [0.2, 0.25) is 0 Å². The SMILES string of the molecule is CC(C)[C@@H](C#N)CI. The summed E-state index contributed by atoms with van der Waals surface area (Å²) in [6, 6.07) is 2.24. The van der Waals surface area contributed by atoms with Crippen molar-refractivity contribution in [2.45, 2.75) is 13.8 Å². The Bertz CT molecular complexity index is 93.2. The predicted molar refractivity (Wildman–Crippen MR) is 42.8 cm³/mol. The Labute approximate surface area is 64.2 Å². The molecule has 0 bridgehead atoms. The second-order valence-corrected chi connectivity index (χ2v) is 3.01. The molecule has 0 aromatic heterocycles. The molecule has 0 N–H and O–H groups in total. The van der Waals surface area contributed by atoms with Crippen LogP contribution in [0.3, 0.4) is 0 Å². The van der Waals surface area contributed by atoms with Crippen LogP contribution in [-0.2, 0) is 0 Å². The van der Waals surface area contributed by atoms with Gasteiger partial charge in [-0.2, -0.15) is 5.26 Å². The van der Waals surface area contributed by atoms with E-state index in [0.29, 0.717) is 5.92 Å². The van der Waals surface area contributed by atoms with E-state index in [1.807, 2.05) is 0 Å². The molecule has 0 saturated heterocycles. The average molecular weight is 223 g/mol. The van der Waals surface area contributed by atoms with E-state index < -0.39 is 0 Å². The maximum atomic E-state index is 8.44. The van der Waals surface area contributed by atoms with Crippen LogP contribution in [-0.4, -0.2) is 4.43 Å². The van der Waals surface area contributed by atoms with Gasteiger partial charge < -0.3 is 0 Å². The first-order chi connectivity index (χ1) is 3.72. The van der Waals surface area contributed by atoms with Gasteiger partial charge in [0, 0.05) is 4.43 Å². The van der Waals surface area contributed by atoms with Crippen LogP contribution < -0.4 is 0 Å². The molecule has 0 radical (unpaired) electrons. The highest BCUT2D eigenvalue weighted by Crippen LogP contribution is 2.11. The van der Waals surface area contributed by atoms with Gasteiger partial charge in [0.15, 0.2) is 0 Å². The van der Waals surface area contributed by atoms with Crippen LogP contribution in [0.5, 0.6) is 0 Å². The normalized spacial score (nSPS) is 13.4. The topological polar surface area (TPSA) is 23.8 Å². The van der Waals surface area contributed by atoms with E-state index >= 15 is 0 Å². The molecule has 0 aliphatic rings. The van der Waals surface area contributed by atoms with E-state index in [4.69, 9.17) is 5.26 Å². The van der Waals surface area contributed by atoms with Crippen molar-refractivity contribution >= 4 is 22.6 Å². The molecule has 8 heavy (non-hydrogen) atoms. The quantitative estimate of drug-likeness (QED) is 0.520. The summed E-state index contributed by atoms with van der Waals surface area (Å²) in [7, 11) is 0. The van der Waals surface area contributed by atoms with Gasteiger partial charge in [-0.3, -0.25) is 0 Å². The molecule has 0 aliphatic heterocycles. The van der Waals surface area contributed by atoms with Crippen molar-refractivity contribution in [2.75, 3.05) is 4.43 Å². The average Bonchev–Trinajstić information content (AvgIpc) is 1.69. The molecule has 0 rings (SSSR count). The molecule has 1 nitrogen and oxygen atoms in total. The van der Waals surface area contributed by atoms with Crippen LogP contribution in [0.25, 0.3) is 0 Å². The summed E-state index contributed by atoms with van der Waals surface area (Å²) in [5, 5.41) is 8.44. The molecule has 0 aromatic rings. The van der Waals surface area contributed by atoms with Crippen molar-refractivity contribution in [3.05, 3.63) is 0 Å². The number of nitrogens with zero attached hydrogens (tertiary/aromatic N) is 1. The van der Waals surface area contributed by atoms with Crippen LogP contribution in [0.2, 0.25) is 0 Å². The lowest BCUT2D eigenvalue weighted by atomic mass is 10.0. The lowest BCUT2D eigenvalue weighted by molar-refractivity contribution is 0.527. The smallest absolute Gasteiger partial charge is 0.0666 e. The van der Waals surface area contributed by atoms with Gasteiger partial charge >= 0.3 is 0 Å². The van der Waals surface area contributed by atoms with Crippen molar-refractivity contribution in [3.63, 3.8) is 0 Å². The lowest BCUT2D eigenvalue weighted by Gasteiger charge is -2.06. The van der Waals surface area contributed by atoms with E-state index in [0.717, 1.165) is 4.43 Å². The maximum absolute atomic E-state index is 8.44. The van der Waals surface area contributed by atoms with Gasteiger partial charge in [0.05, 0.1) is 12.0 Å². The maximum Gasteiger partial charge on any atom is 0.0666 e. The zero-order valence-corrected chi connectivity index (χ0v) is 7.34. The van der Waals surface area contributed by atoms with E-state index in [2.05, 4.69) is 42.5 Å². The van der Waals surface area contributed by atoms with Crippen molar-refractivity contribution < 1.29 is 0 Å². The van der Waals surface area contributed by atoms with E-state index in [9.17, 15) is 0 Å². The largest absolute Gasteiger partial charge is 0.198 e. The number of alkyl halides is 1. The zero-order valence-electron chi connectivity index (χ0n) is 5.19. The Morgan fingerprint density at radius 1 is 1.62 bits per heavy atom. The fourth-order valence-electron chi connectivity index (χ4n) is 0.362. The lowest BCUT2D eigenvalue weighted by Crippen LogP contribution is -2.06. The van der Waals surface area contributed by atoms with E-state index in [-0.39, 0.29) is 5.92 Å². The van der Waals surface area contributed by atoms with Crippen LogP contribution in [0.1, 0.15) is 13.8 Å². The summed E-state index contributed by atoms with van der Waals surface area (Å²) in [5.74, 6) is 0.757. The van der Waals surface area contributed by atoms with E-state index in [1.165, 1.54) is 0 Å². The molecule has 0 amide bonds. The molecule has 0 unspecified atom stereocenters. The van der Waals surface area contributed by atoms with Gasteiger partial charge in [-0.15, -0.1) is 0 Å². The Kier molecular flexibility index (Phi) is 4.25. The number of hydrogen-bond donors (Lipinski definition) is 0. The number of hydrogen-bond acceptors (Lipinski definition) is 1. The third-order valence-corrected chi connectivity index (χ3v) is 2.09. The Balaban J connectivity index is 3.57. The molecule has 0 aromatic carbocycles. The van der Waals surface area contributed by atoms with E-state index in [1.54, 1.807) is 0 Å². The Morgan fingerprint density at radius 2 is 2.12 bits per heavy atom. The monoisotopic (exact) mass is 223 g/mol. The summed E-state index contributed by atoms with van der Waals surface area (Å²) in [6.07, 6.45) is 0. The van der Waals surface area contributed by atoms with Gasteiger partial charge in [-0.25, -0.2) is 0 Å².